The van der Waals surface area contributed by atoms with Crippen LogP contribution in [-0.4, -0.2) is 10.5 Å². The zero-order valence-electron chi connectivity index (χ0n) is 18.2. The predicted octanol–water partition coefficient (Wildman–Crippen LogP) is 4.01. The average molecular weight is 470 g/mol. The molecule has 1 amide bonds. The van der Waals surface area contributed by atoms with E-state index in [9.17, 15) is 14.0 Å². The first-order valence-corrected chi connectivity index (χ1v) is 11.5. The summed E-state index contributed by atoms with van der Waals surface area (Å²) in [5.74, 6) is -0.739. The first kappa shape index (κ1) is 21.7. The number of allylic oxidation sites excluding steroid dienone is 1. The van der Waals surface area contributed by atoms with Crippen LogP contribution in [0.1, 0.15) is 24.1 Å². The van der Waals surface area contributed by atoms with Gasteiger partial charge in [-0.15, -0.1) is 0 Å². The summed E-state index contributed by atoms with van der Waals surface area (Å²) in [5.41, 5.74) is 2.35. The summed E-state index contributed by atoms with van der Waals surface area (Å²) >= 11 is 1.18. The van der Waals surface area contributed by atoms with Gasteiger partial charge in [0.25, 0.3) is 11.5 Å². The molecule has 1 N–H and O–H groups in total. The number of halogens is 1. The number of carbonyl (C=O) groups is 1. The van der Waals surface area contributed by atoms with Gasteiger partial charge in [0.2, 0.25) is 0 Å². The molecule has 5 nitrogen and oxygen atoms in total. The average Bonchev–Trinajstić information content (AvgIpc) is 3.15. The molecule has 1 aliphatic rings. The molecule has 0 saturated carbocycles. The molecule has 7 heteroatoms. The molecule has 0 saturated heterocycles. The third-order valence-corrected chi connectivity index (χ3v) is 6.59. The maximum absolute atomic E-state index is 14.2. The number of aromatic nitrogens is 1. The monoisotopic (exact) mass is 469 g/mol. The van der Waals surface area contributed by atoms with Crippen LogP contribution in [-0.2, 0) is 4.79 Å². The Kier molecular flexibility index (Phi) is 5.77. The van der Waals surface area contributed by atoms with Crippen LogP contribution >= 0.6 is 11.3 Å². The van der Waals surface area contributed by atoms with Gasteiger partial charge >= 0.3 is 0 Å². The van der Waals surface area contributed by atoms with Crippen LogP contribution in [0, 0.1) is 5.82 Å². The number of nitrogens with one attached hydrogen (secondary N) is 1. The molecule has 0 unspecified atom stereocenters. The van der Waals surface area contributed by atoms with Gasteiger partial charge in [-0.1, -0.05) is 78.1 Å². The molecule has 1 atom stereocenters. The van der Waals surface area contributed by atoms with Crippen molar-refractivity contribution in [2.75, 3.05) is 5.32 Å². The fourth-order valence-electron chi connectivity index (χ4n) is 4.02. The normalized spacial score (nSPS) is 15.6. The lowest BCUT2D eigenvalue weighted by Gasteiger charge is -2.25. The van der Waals surface area contributed by atoms with E-state index in [2.05, 4.69) is 10.3 Å². The standard InChI is InChI=1S/C27H20FN3O2S/c1-17-23(25(32)30-20-13-6-3-7-14-20)24(18-10-4-2-5-11-18)31-26(33)22(34-27(31)29-17)16-19-12-8-9-15-21(19)28/h2-16,24H,1H3,(H,30,32)/t24-/m0/s1. The minimum Gasteiger partial charge on any atom is -0.322 e. The van der Waals surface area contributed by atoms with Crippen LogP contribution in [0.4, 0.5) is 10.1 Å². The molecule has 34 heavy (non-hydrogen) atoms. The second kappa shape index (κ2) is 9.03. The number of nitrogens with zero attached hydrogens (tertiary/aromatic N) is 2. The zero-order valence-corrected chi connectivity index (χ0v) is 19.1. The topological polar surface area (TPSA) is 63.5 Å². The van der Waals surface area contributed by atoms with Crippen molar-refractivity contribution in [2.45, 2.75) is 13.0 Å². The minimum absolute atomic E-state index is 0.321. The summed E-state index contributed by atoms with van der Waals surface area (Å²) in [4.78, 5) is 32.0. The maximum atomic E-state index is 14.2. The Bertz CT molecular complexity index is 1590. The largest absolute Gasteiger partial charge is 0.322 e. The zero-order chi connectivity index (χ0) is 23.7. The van der Waals surface area contributed by atoms with E-state index in [0.29, 0.717) is 31.9 Å². The molecule has 4 aromatic rings. The fraction of sp³-hybridized carbons (Fsp3) is 0.0741. The molecule has 3 aromatic carbocycles. The second-order valence-electron chi connectivity index (χ2n) is 7.83. The highest BCUT2D eigenvalue weighted by Crippen LogP contribution is 2.30. The van der Waals surface area contributed by atoms with Gasteiger partial charge in [0.05, 0.1) is 21.8 Å². The fourth-order valence-corrected chi connectivity index (χ4v) is 5.05. The number of amides is 1. The van der Waals surface area contributed by atoms with Gasteiger partial charge in [-0.2, -0.15) is 0 Å². The van der Waals surface area contributed by atoms with Crippen molar-refractivity contribution < 1.29 is 9.18 Å². The van der Waals surface area contributed by atoms with Gasteiger partial charge in [-0.3, -0.25) is 14.2 Å². The van der Waals surface area contributed by atoms with Crippen LogP contribution in [0.5, 0.6) is 0 Å². The lowest BCUT2D eigenvalue weighted by atomic mass is 9.95. The van der Waals surface area contributed by atoms with E-state index in [0.717, 1.165) is 5.56 Å². The van der Waals surface area contributed by atoms with Crippen molar-refractivity contribution in [3.63, 3.8) is 0 Å². The summed E-state index contributed by atoms with van der Waals surface area (Å²) in [6, 6.07) is 24.1. The van der Waals surface area contributed by atoms with Gasteiger partial charge in [0.15, 0.2) is 4.80 Å². The Hall–Kier alpha value is -4.10. The highest BCUT2D eigenvalue weighted by Gasteiger charge is 2.32. The molecule has 0 aliphatic carbocycles. The van der Waals surface area contributed by atoms with Gasteiger partial charge in [-0.05, 0) is 36.8 Å². The molecule has 0 spiro atoms. The number of thiazole rings is 1. The molecule has 0 fully saturated rings. The molecule has 1 aromatic heterocycles. The molecule has 5 rings (SSSR count). The number of hydrogen-bond donors (Lipinski definition) is 1. The molecular formula is C27H20FN3O2S. The van der Waals surface area contributed by atoms with Gasteiger partial charge in [0.1, 0.15) is 5.82 Å². The molecular weight excluding hydrogens is 449 g/mol. The van der Waals surface area contributed by atoms with E-state index >= 15 is 0 Å². The number of fused-ring (bicyclic) bond motifs is 1. The Balaban J connectivity index is 1.68. The van der Waals surface area contributed by atoms with Gasteiger partial charge in [-0.25, -0.2) is 9.38 Å². The van der Waals surface area contributed by atoms with Crippen molar-refractivity contribution in [3.8, 4) is 0 Å². The number of hydrogen-bond acceptors (Lipinski definition) is 4. The van der Waals surface area contributed by atoms with E-state index in [1.54, 1.807) is 37.3 Å². The molecule has 0 bridgehead atoms. The smallest absolute Gasteiger partial charge is 0.271 e. The molecule has 1 aliphatic heterocycles. The highest BCUT2D eigenvalue weighted by atomic mass is 32.1. The lowest BCUT2D eigenvalue weighted by Crippen LogP contribution is -2.40. The number of anilines is 1. The third kappa shape index (κ3) is 4.02. The second-order valence-corrected chi connectivity index (χ2v) is 8.84. The summed E-state index contributed by atoms with van der Waals surface area (Å²) in [6.07, 6.45) is 1.53. The van der Waals surface area contributed by atoms with E-state index < -0.39 is 11.9 Å². The van der Waals surface area contributed by atoms with Crippen molar-refractivity contribution >= 4 is 29.0 Å². The summed E-state index contributed by atoms with van der Waals surface area (Å²) in [6.45, 7) is 1.77. The van der Waals surface area contributed by atoms with Crippen molar-refractivity contribution in [3.05, 3.63) is 133 Å². The van der Waals surface area contributed by atoms with Crippen LogP contribution in [0.25, 0.3) is 6.08 Å². The SMILES string of the molecule is CC1=C(C(=O)Nc2ccccc2)[C@H](c2ccccc2)n2c(sc(=Cc3ccccc3F)c2=O)=N1. The minimum atomic E-state index is -0.663. The maximum Gasteiger partial charge on any atom is 0.271 e. The van der Waals surface area contributed by atoms with Crippen molar-refractivity contribution in [1.29, 1.82) is 0 Å². The predicted molar refractivity (Wildman–Crippen MR) is 132 cm³/mol. The number of rotatable bonds is 4. The first-order chi connectivity index (χ1) is 16.5. The highest BCUT2D eigenvalue weighted by molar-refractivity contribution is 7.07. The van der Waals surface area contributed by atoms with Crippen LogP contribution in [0.3, 0.4) is 0 Å². The Morgan fingerprint density at radius 3 is 2.35 bits per heavy atom. The Labute approximate surface area is 198 Å². The van der Waals surface area contributed by atoms with Crippen molar-refractivity contribution in [1.82, 2.24) is 4.57 Å². The molecule has 2 heterocycles. The Morgan fingerprint density at radius 2 is 1.65 bits per heavy atom. The molecule has 0 radical (unpaired) electrons. The number of para-hydroxylation sites is 1. The summed E-state index contributed by atoms with van der Waals surface area (Å²) in [7, 11) is 0. The van der Waals surface area contributed by atoms with Crippen LogP contribution in [0.15, 0.2) is 106 Å². The number of benzene rings is 3. The van der Waals surface area contributed by atoms with Crippen LogP contribution in [0.2, 0.25) is 0 Å². The van der Waals surface area contributed by atoms with E-state index in [-0.39, 0.29) is 11.5 Å². The van der Waals surface area contributed by atoms with E-state index in [1.165, 1.54) is 28.0 Å². The summed E-state index contributed by atoms with van der Waals surface area (Å²) < 4.78 is 16.1. The first-order valence-electron chi connectivity index (χ1n) is 10.7. The Morgan fingerprint density at radius 1 is 1.00 bits per heavy atom. The van der Waals surface area contributed by atoms with Gasteiger partial charge in [0, 0.05) is 11.3 Å². The quantitative estimate of drug-likeness (QED) is 0.491. The number of carbonyl (C=O) groups excluding carboxylic acids is 1. The summed E-state index contributed by atoms with van der Waals surface area (Å²) in [5, 5.41) is 2.92. The van der Waals surface area contributed by atoms with E-state index in [4.69, 9.17) is 0 Å². The third-order valence-electron chi connectivity index (χ3n) is 5.61. The van der Waals surface area contributed by atoms with E-state index in [1.807, 2.05) is 48.5 Å². The van der Waals surface area contributed by atoms with Crippen molar-refractivity contribution in [2.24, 2.45) is 4.99 Å². The molecule has 168 valence electrons. The van der Waals surface area contributed by atoms with Crippen LogP contribution < -0.4 is 20.2 Å². The van der Waals surface area contributed by atoms with Gasteiger partial charge < -0.3 is 5.32 Å². The lowest BCUT2D eigenvalue weighted by molar-refractivity contribution is -0.113.